The molecule has 0 spiro atoms. The zero-order valence-corrected chi connectivity index (χ0v) is 22.6. The van der Waals surface area contributed by atoms with Gasteiger partial charge in [0.15, 0.2) is 6.54 Å². The number of anilines is 2. The highest BCUT2D eigenvalue weighted by molar-refractivity contribution is 5.97. The van der Waals surface area contributed by atoms with Gasteiger partial charge in [0.2, 0.25) is 5.78 Å². The number of halogens is 1. The molecule has 1 aromatic carbocycles. The van der Waals surface area contributed by atoms with Gasteiger partial charge in [0.05, 0.1) is 32.6 Å². The summed E-state index contributed by atoms with van der Waals surface area (Å²) in [6.45, 7) is 9.81. The number of ether oxygens (including phenoxy) is 3. The Hall–Kier alpha value is -3.11. The maximum atomic E-state index is 13.6. The lowest BCUT2D eigenvalue weighted by Gasteiger charge is -2.33. The van der Waals surface area contributed by atoms with E-state index in [1.54, 1.807) is 17.9 Å². The fraction of sp³-hybridized carbons (Fsp3) is 0.538. The zero-order chi connectivity index (χ0) is 25.4. The van der Waals surface area contributed by atoms with Crippen LogP contribution in [-0.4, -0.2) is 60.5 Å². The number of hydrogen-bond acceptors (Lipinski definition) is 8. The molecule has 1 saturated heterocycles. The Morgan fingerprint density at radius 3 is 2.59 bits per heavy atom. The fourth-order valence-electron chi connectivity index (χ4n) is 4.47. The third kappa shape index (κ3) is 5.75. The summed E-state index contributed by atoms with van der Waals surface area (Å²) in [6, 6.07) is 7.49. The first-order valence-electron chi connectivity index (χ1n) is 12.5. The minimum absolute atomic E-state index is 0. The SMILES string of the molecule is COc1c(N2CCOCC2)cc(C(=O)C[n+]2nc(N)n3nc(OCC4CC4)ccc32)cc1C(C)(C)C.[Cl-]. The predicted octanol–water partition coefficient (Wildman–Crippen LogP) is -0.583. The Morgan fingerprint density at radius 1 is 1.22 bits per heavy atom. The highest BCUT2D eigenvalue weighted by Gasteiger charge is 2.29. The Kier molecular flexibility index (Phi) is 7.80. The summed E-state index contributed by atoms with van der Waals surface area (Å²) in [5, 5.41) is 8.85. The van der Waals surface area contributed by atoms with Crippen LogP contribution >= 0.6 is 0 Å². The van der Waals surface area contributed by atoms with Crippen molar-refractivity contribution < 1.29 is 36.1 Å². The first kappa shape index (κ1) is 26.9. The lowest BCUT2D eigenvalue weighted by Crippen LogP contribution is -3.00. The number of hydrogen-bond donors (Lipinski definition) is 1. The highest BCUT2D eigenvalue weighted by atomic mass is 35.5. The Labute approximate surface area is 223 Å². The number of nitrogen functional groups attached to an aromatic ring is 1. The van der Waals surface area contributed by atoms with E-state index in [2.05, 4.69) is 35.9 Å². The van der Waals surface area contributed by atoms with Crippen LogP contribution in [0.15, 0.2) is 24.3 Å². The number of nitrogens with zero attached hydrogens (tertiary/aromatic N) is 5. The molecule has 2 aromatic heterocycles. The third-order valence-electron chi connectivity index (χ3n) is 6.71. The van der Waals surface area contributed by atoms with E-state index in [9.17, 15) is 4.79 Å². The van der Waals surface area contributed by atoms with Crippen LogP contribution in [0, 0.1) is 5.92 Å². The number of nitrogens with two attached hydrogens (primary N) is 1. The zero-order valence-electron chi connectivity index (χ0n) is 21.9. The third-order valence-corrected chi connectivity index (χ3v) is 6.71. The van der Waals surface area contributed by atoms with Crippen LogP contribution < -0.4 is 37.2 Å². The van der Waals surface area contributed by atoms with Crippen LogP contribution in [0.1, 0.15) is 49.5 Å². The molecule has 0 unspecified atom stereocenters. The topological polar surface area (TPSA) is 108 Å². The van der Waals surface area contributed by atoms with Gasteiger partial charge in [-0.3, -0.25) is 4.79 Å². The Bertz CT molecular complexity index is 1280. The minimum atomic E-state index is -0.220. The van der Waals surface area contributed by atoms with Crippen LogP contribution in [0.4, 0.5) is 11.6 Å². The maximum absolute atomic E-state index is 13.6. The van der Waals surface area contributed by atoms with Gasteiger partial charge in [-0.05, 0) is 46.5 Å². The molecule has 1 aliphatic heterocycles. The average molecular weight is 531 g/mol. The summed E-state index contributed by atoms with van der Waals surface area (Å²) in [7, 11) is 1.68. The average Bonchev–Trinajstić information content (AvgIpc) is 3.65. The number of ketones is 1. The van der Waals surface area contributed by atoms with Gasteiger partial charge in [-0.25, -0.2) is 0 Å². The van der Waals surface area contributed by atoms with Crippen LogP contribution in [0.2, 0.25) is 0 Å². The van der Waals surface area contributed by atoms with Gasteiger partial charge in [0, 0.05) is 36.3 Å². The van der Waals surface area contributed by atoms with Crippen molar-refractivity contribution >= 4 is 23.1 Å². The molecule has 1 aliphatic carbocycles. The molecule has 2 fully saturated rings. The number of fused-ring (bicyclic) bond motifs is 1. The molecule has 37 heavy (non-hydrogen) atoms. The van der Waals surface area contributed by atoms with E-state index in [-0.39, 0.29) is 36.1 Å². The molecule has 0 atom stereocenters. The number of benzene rings is 1. The molecule has 0 bridgehead atoms. The molecule has 5 rings (SSSR count). The molecule has 10 nitrogen and oxygen atoms in total. The number of carbonyl (C=O) groups excluding carboxylic acids is 1. The first-order chi connectivity index (χ1) is 17.2. The number of methoxy groups -OCH3 is 1. The van der Waals surface area contributed by atoms with Crippen molar-refractivity contribution in [3.05, 3.63) is 35.4 Å². The van der Waals surface area contributed by atoms with E-state index in [0.29, 0.717) is 42.8 Å². The van der Waals surface area contributed by atoms with E-state index >= 15 is 0 Å². The molecule has 200 valence electrons. The van der Waals surface area contributed by atoms with Crippen LogP contribution in [-0.2, 0) is 16.7 Å². The van der Waals surface area contributed by atoms with Gasteiger partial charge in [0.25, 0.3) is 5.88 Å². The number of rotatable bonds is 8. The smallest absolute Gasteiger partial charge is 0.355 e. The molecule has 3 aromatic rings. The summed E-state index contributed by atoms with van der Waals surface area (Å²) >= 11 is 0. The summed E-state index contributed by atoms with van der Waals surface area (Å²) < 4.78 is 20.3. The maximum Gasteiger partial charge on any atom is 0.355 e. The summed E-state index contributed by atoms with van der Waals surface area (Å²) in [5.41, 5.74) is 9.04. The first-order valence-corrected chi connectivity index (χ1v) is 12.5. The largest absolute Gasteiger partial charge is 1.00 e. The van der Waals surface area contributed by atoms with Crippen molar-refractivity contribution in [2.24, 2.45) is 5.92 Å². The molecule has 11 heteroatoms. The second-order valence-corrected chi connectivity index (χ2v) is 10.6. The van der Waals surface area contributed by atoms with E-state index in [1.165, 1.54) is 17.4 Å². The van der Waals surface area contributed by atoms with E-state index in [0.717, 1.165) is 30.1 Å². The standard InChI is InChI=1S/C26H35N6O4.ClH/c1-26(2,3)19-13-18(14-20(24(19)34-4)30-9-11-35-12-10-30)21(33)15-31-23-8-7-22(36-16-17-5-6-17)28-32(23)25(27)29-31;/h7-8,13-14,17H,5-6,9-12,15-16H2,1-4H3,(H2,27,29);1H/q+1;/p-1. The second kappa shape index (κ2) is 10.7. The van der Waals surface area contributed by atoms with Gasteiger partial charge in [-0.2, -0.15) is 0 Å². The predicted molar refractivity (Wildman–Crippen MR) is 135 cm³/mol. The van der Waals surface area contributed by atoms with Crippen molar-refractivity contribution in [3.8, 4) is 11.6 Å². The van der Waals surface area contributed by atoms with Crippen molar-refractivity contribution in [2.75, 3.05) is 50.7 Å². The number of Topliss-reactive ketones (excluding diaryl/α,β-unsaturated/α-hetero) is 1. The summed E-state index contributed by atoms with van der Waals surface area (Å²) in [5.74, 6) is 2.05. The Morgan fingerprint density at radius 2 is 1.95 bits per heavy atom. The summed E-state index contributed by atoms with van der Waals surface area (Å²) in [4.78, 5) is 15.8. The molecular weight excluding hydrogens is 496 g/mol. The van der Waals surface area contributed by atoms with Crippen LogP contribution in [0.3, 0.4) is 0 Å². The van der Waals surface area contributed by atoms with E-state index in [4.69, 9.17) is 19.9 Å². The molecule has 2 aliphatic rings. The number of morpholine rings is 1. The highest BCUT2D eigenvalue weighted by Crippen LogP contribution is 2.40. The normalized spacial score (nSPS) is 15.9. The van der Waals surface area contributed by atoms with Gasteiger partial charge in [-0.1, -0.05) is 25.3 Å². The number of carbonyl (C=O) groups is 1. The molecular formula is C26H35ClN6O4. The molecule has 3 heterocycles. The van der Waals surface area contributed by atoms with Crippen molar-refractivity contribution in [3.63, 3.8) is 0 Å². The molecule has 0 radical (unpaired) electrons. The molecule has 1 saturated carbocycles. The van der Waals surface area contributed by atoms with E-state index < -0.39 is 0 Å². The quantitative estimate of drug-likeness (QED) is 0.304. The molecule has 2 N–H and O–H groups in total. The minimum Gasteiger partial charge on any atom is -1.00 e. The van der Waals surface area contributed by atoms with Crippen molar-refractivity contribution in [1.82, 2.24) is 14.7 Å². The van der Waals surface area contributed by atoms with Crippen LogP contribution in [0.25, 0.3) is 5.65 Å². The van der Waals surface area contributed by atoms with Crippen LogP contribution in [0.5, 0.6) is 11.6 Å². The second-order valence-electron chi connectivity index (χ2n) is 10.6. The lowest BCUT2D eigenvalue weighted by molar-refractivity contribution is -0.714. The van der Waals surface area contributed by atoms with Gasteiger partial charge in [0.1, 0.15) is 5.75 Å². The fourth-order valence-corrected chi connectivity index (χ4v) is 4.47. The number of aromatic nitrogens is 4. The van der Waals surface area contributed by atoms with Crippen molar-refractivity contribution in [1.29, 1.82) is 0 Å². The molecule has 0 amide bonds. The van der Waals surface area contributed by atoms with Crippen molar-refractivity contribution in [2.45, 2.75) is 45.6 Å². The van der Waals surface area contributed by atoms with Gasteiger partial charge in [-0.15, -0.1) is 4.68 Å². The monoisotopic (exact) mass is 530 g/mol. The lowest BCUT2D eigenvalue weighted by atomic mass is 9.84. The van der Waals surface area contributed by atoms with Gasteiger partial charge >= 0.3 is 11.6 Å². The Balaban J connectivity index is 0.00000320. The van der Waals surface area contributed by atoms with E-state index in [1.807, 2.05) is 18.2 Å². The summed E-state index contributed by atoms with van der Waals surface area (Å²) in [6.07, 6.45) is 2.40. The van der Waals surface area contributed by atoms with Gasteiger partial charge < -0.3 is 37.3 Å².